The molecule has 11 heteroatoms. The maximum atomic E-state index is 10.3. The highest BCUT2D eigenvalue weighted by Crippen LogP contribution is 2.32. The summed E-state index contributed by atoms with van der Waals surface area (Å²) >= 11 is 0. The van der Waals surface area contributed by atoms with E-state index in [-0.39, 0.29) is 24.1 Å². The van der Waals surface area contributed by atoms with Crippen molar-refractivity contribution in [1.29, 1.82) is 0 Å². The zero-order valence-electron chi connectivity index (χ0n) is 16.3. The van der Waals surface area contributed by atoms with E-state index in [1.165, 1.54) is 10.9 Å². The molecule has 1 saturated heterocycles. The molecular formula is C19H23N5O6. The molecule has 30 heavy (non-hydrogen) atoms. The molecule has 0 bridgehead atoms. The number of hydrogen-bond acceptors (Lipinski definition) is 10. The Morgan fingerprint density at radius 2 is 2.00 bits per heavy atom. The topological polar surface area (TPSA) is 158 Å². The lowest BCUT2D eigenvalue weighted by atomic mass is 10.1. The molecule has 0 unspecified atom stereocenters. The van der Waals surface area contributed by atoms with E-state index in [2.05, 4.69) is 15.0 Å². The average Bonchev–Trinajstić information content (AvgIpc) is 3.30. The lowest BCUT2D eigenvalue weighted by molar-refractivity contribution is -0.0511. The molecule has 1 fully saturated rings. The summed E-state index contributed by atoms with van der Waals surface area (Å²) in [5.74, 6) is 0.872. The largest absolute Gasteiger partial charge is 0.496 e. The van der Waals surface area contributed by atoms with Gasteiger partial charge in [-0.3, -0.25) is 4.57 Å². The lowest BCUT2D eigenvalue weighted by Gasteiger charge is -2.16. The second-order valence-corrected chi connectivity index (χ2v) is 6.85. The average molecular weight is 417 g/mol. The molecule has 2 aromatic heterocycles. The Kier molecular flexibility index (Phi) is 5.68. The Balaban J connectivity index is 1.55. The fraction of sp³-hybridized carbons (Fsp3) is 0.421. The first kappa shape index (κ1) is 20.3. The molecule has 0 amide bonds. The number of fused-ring (bicyclic) bond motifs is 1. The number of methoxy groups -OCH3 is 1. The number of imidazole rings is 1. The van der Waals surface area contributed by atoms with Gasteiger partial charge in [-0.1, -0.05) is 18.2 Å². The summed E-state index contributed by atoms with van der Waals surface area (Å²) in [6, 6.07) is 7.66. The first-order valence-electron chi connectivity index (χ1n) is 9.40. The van der Waals surface area contributed by atoms with E-state index in [4.69, 9.17) is 19.9 Å². The predicted molar refractivity (Wildman–Crippen MR) is 105 cm³/mol. The Morgan fingerprint density at radius 3 is 2.73 bits per heavy atom. The molecule has 160 valence electrons. The monoisotopic (exact) mass is 417 g/mol. The van der Waals surface area contributed by atoms with E-state index in [1.807, 2.05) is 24.3 Å². The van der Waals surface area contributed by atoms with Crippen molar-refractivity contribution in [2.45, 2.75) is 31.0 Å². The van der Waals surface area contributed by atoms with Gasteiger partial charge in [0.1, 0.15) is 24.1 Å². The summed E-state index contributed by atoms with van der Waals surface area (Å²) in [4.78, 5) is 12.6. The van der Waals surface area contributed by atoms with Gasteiger partial charge in [0.25, 0.3) is 0 Å². The van der Waals surface area contributed by atoms with E-state index < -0.39 is 31.1 Å². The van der Waals surface area contributed by atoms with Crippen molar-refractivity contribution in [1.82, 2.24) is 19.5 Å². The summed E-state index contributed by atoms with van der Waals surface area (Å²) in [7, 11) is 1.61. The van der Waals surface area contributed by atoms with Gasteiger partial charge in [0.2, 0.25) is 0 Å². The highest BCUT2D eigenvalue weighted by molar-refractivity contribution is 5.82. The Morgan fingerprint density at radius 1 is 1.20 bits per heavy atom. The molecule has 3 heterocycles. The van der Waals surface area contributed by atoms with Crippen LogP contribution in [0.5, 0.6) is 11.8 Å². The van der Waals surface area contributed by atoms with E-state index in [0.717, 1.165) is 11.3 Å². The van der Waals surface area contributed by atoms with Crippen LogP contribution >= 0.6 is 0 Å². The molecule has 4 rings (SSSR count). The molecule has 1 aliphatic heterocycles. The number of rotatable bonds is 7. The molecule has 5 N–H and O–H groups in total. The Hall–Kier alpha value is -2.99. The smallest absolute Gasteiger partial charge is 0.320 e. The third-order valence-corrected chi connectivity index (χ3v) is 5.01. The minimum absolute atomic E-state index is 0.0448. The fourth-order valence-electron chi connectivity index (χ4n) is 3.44. The number of nitrogen functional groups attached to an aromatic ring is 1. The molecule has 0 radical (unpaired) electrons. The summed E-state index contributed by atoms with van der Waals surface area (Å²) < 4.78 is 18.0. The quantitative estimate of drug-likeness (QED) is 0.400. The molecule has 3 aromatic rings. The van der Waals surface area contributed by atoms with Crippen molar-refractivity contribution >= 4 is 17.0 Å². The van der Waals surface area contributed by atoms with Crippen LogP contribution in [-0.2, 0) is 11.2 Å². The van der Waals surface area contributed by atoms with Gasteiger partial charge in [0.15, 0.2) is 23.2 Å². The van der Waals surface area contributed by atoms with Crippen molar-refractivity contribution < 1.29 is 29.5 Å². The van der Waals surface area contributed by atoms with E-state index >= 15 is 0 Å². The summed E-state index contributed by atoms with van der Waals surface area (Å²) in [6.07, 6.45) is -2.47. The van der Waals surface area contributed by atoms with Crippen molar-refractivity contribution in [3.05, 3.63) is 36.2 Å². The van der Waals surface area contributed by atoms with Crippen LogP contribution in [0.4, 0.5) is 5.82 Å². The number of aliphatic hydroxyl groups is 3. The van der Waals surface area contributed by atoms with Gasteiger partial charge in [0.05, 0.1) is 26.7 Å². The molecule has 0 aliphatic carbocycles. The van der Waals surface area contributed by atoms with Gasteiger partial charge in [-0.05, 0) is 11.6 Å². The minimum Gasteiger partial charge on any atom is -0.496 e. The number of nitrogens with zero attached hydrogens (tertiary/aromatic N) is 4. The molecular weight excluding hydrogens is 394 g/mol. The van der Waals surface area contributed by atoms with Crippen LogP contribution in [0.1, 0.15) is 11.8 Å². The SMILES string of the molecule is COc1ccccc1CCOc1nc(N)c2ncn([C@@H]3O[C@H](CO)[C@@H](O)[C@H]3O)c2n1. The Labute approximate surface area is 171 Å². The van der Waals surface area contributed by atoms with Crippen LogP contribution in [0.3, 0.4) is 0 Å². The highest BCUT2D eigenvalue weighted by atomic mass is 16.6. The number of aromatic nitrogens is 4. The number of para-hydroxylation sites is 1. The number of anilines is 1. The second-order valence-electron chi connectivity index (χ2n) is 6.85. The zero-order chi connectivity index (χ0) is 21.3. The first-order chi connectivity index (χ1) is 14.5. The van der Waals surface area contributed by atoms with E-state index in [9.17, 15) is 15.3 Å². The normalized spacial score (nSPS) is 23.7. The third-order valence-electron chi connectivity index (χ3n) is 5.01. The molecule has 0 saturated carbocycles. The zero-order valence-corrected chi connectivity index (χ0v) is 16.3. The van der Waals surface area contributed by atoms with Crippen LogP contribution in [0.25, 0.3) is 11.2 Å². The Bertz CT molecular complexity index is 1030. The molecule has 1 aromatic carbocycles. The van der Waals surface area contributed by atoms with Crippen LogP contribution in [0, 0.1) is 0 Å². The van der Waals surface area contributed by atoms with Gasteiger partial charge >= 0.3 is 6.01 Å². The number of aliphatic hydroxyl groups excluding tert-OH is 3. The van der Waals surface area contributed by atoms with Gasteiger partial charge < -0.3 is 35.3 Å². The van der Waals surface area contributed by atoms with Gasteiger partial charge in [0, 0.05) is 6.42 Å². The highest BCUT2D eigenvalue weighted by Gasteiger charge is 2.44. The molecule has 4 atom stereocenters. The van der Waals surface area contributed by atoms with Crippen molar-refractivity contribution in [2.24, 2.45) is 0 Å². The first-order valence-corrected chi connectivity index (χ1v) is 9.40. The van der Waals surface area contributed by atoms with Gasteiger partial charge in [-0.15, -0.1) is 0 Å². The van der Waals surface area contributed by atoms with Gasteiger partial charge in [-0.2, -0.15) is 9.97 Å². The maximum absolute atomic E-state index is 10.3. The molecule has 1 aliphatic rings. The van der Waals surface area contributed by atoms with E-state index in [1.54, 1.807) is 7.11 Å². The number of ether oxygens (including phenoxy) is 3. The number of benzene rings is 1. The summed E-state index contributed by atoms with van der Waals surface area (Å²) in [5, 5.41) is 29.6. The van der Waals surface area contributed by atoms with Crippen LogP contribution in [0.2, 0.25) is 0 Å². The van der Waals surface area contributed by atoms with Crippen LogP contribution < -0.4 is 15.2 Å². The van der Waals surface area contributed by atoms with Crippen LogP contribution in [-0.4, -0.2) is 73.5 Å². The lowest BCUT2D eigenvalue weighted by Crippen LogP contribution is -2.33. The van der Waals surface area contributed by atoms with E-state index in [0.29, 0.717) is 11.9 Å². The molecule has 11 nitrogen and oxygen atoms in total. The van der Waals surface area contributed by atoms with Crippen molar-refractivity contribution in [3.63, 3.8) is 0 Å². The maximum Gasteiger partial charge on any atom is 0.320 e. The van der Waals surface area contributed by atoms with Crippen LogP contribution in [0.15, 0.2) is 30.6 Å². The minimum atomic E-state index is -1.27. The predicted octanol–water partition coefficient (Wildman–Crippen LogP) is -0.350. The fourth-order valence-corrected chi connectivity index (χ4v) is 3.44. The van der Waals surface area contributed by atoms with Crippen molar-refractivity contribution in [2.75, 3.05) is 26.1 Å². The standard InChI is InChI=1S/C19H23N5O6/c1-28-11-5-3-2-4-10(11)6-7-29-19-22-16(20)13-17(23-19)24(9-21-13)18-15(27)14(26)12(8-25)30-18/h2-5,9,12,14-15,18,25-27H,6-8H2,1H3,(H2,20,22,23)/t12-,14-,15-,18-/m1/s1. The second kappa shape index (κ2) is 8.40. The third kappa shape index (κ3) is 3.63. The number of nitrogens with two attached hydrogens (primary N) is 1. The molecule has 0 spiro atoms. The van der Waals surface area contributed by atoms with Gasteiger partial charge in [-0.25, -0.2) is 4.98 Å². The summed E-state index contributed by atoms with van der Waals surface area (Å²) in [5.41, 5.74) is 7.56. The summed E-state index contributed by atoms with van der Waals surface area (Å²) in [6.45, 7) is -0.150. The number of hydrogen-bond donors (Lipinski definition) is 4. The van der Waals surface area contributed by atoms with Crippen molar-refractivity contribution in [3.8, 4) is 11.8 Å².